The van der Waals surface area contributed by atoms with Crippen LogP contribution in [0.5, 0.6) is 0 Å². The second-order valence-corrected chi connectivity index (χ2v) is 4.51. The summed E-state index contributed by atoms with van der Waals surface area (Å²) >= 11 is 0. The molecule has 0 aliphatic carbocycles. The third kappa shape index (κ3) is 6.00. The maximum Gasteiger partial charge on any atom is 0.222 e. The summed E-state index contributed by atoms with van der Waals surface area (Å²) < 4.78 is 0. The van der Waals surface area contributed by atoms with Crippen LogP contribution in [0.3, 0.4) is 0 Å². The van der Waals surface area contributed by atoms with Crippen LogP contribution in [0.2, 0.25) is 0 Å². The minimum Gasteiger partial charge on any atom is -0.342 e. The summed E-state index contributed by atoms with van der Waals surface area (Å²) in [6, 6.07) is 0.141. The van der Waals surface area contributed by atoms with Gasteiger partial charge in [-0.15, -0.1) is 12.4 Å². The molecule has 2 atom stereocenters. The summed E-state index contributed by atoms with van der Waals surface area (Å²) in [6.07, 6.45) is 0.624. The maximum atomic E-state index is 11.7. The van der Waals surface area contributed by atoms with Crippen LogP contribution in [0.15, 0.2) is 0 Å². The monoisotopic (exact) mass is 236 g/mol. The summed E-state index contributed by atoms with van der Waals surface area (Å²) in [6.45, 7) is 8.90. The molecule has 15 heavy (non-hydrogen) atoms. The molecule has 0 aliphatic heterocycles. The topological polar surface area (TPSA) is 46.3 Å². The predicted octanol–water partition coefficient (Wildman–Crippen LogP) is 1.90. The Bertz CT molecular complexity index is 185. The fourth-order valence-electron chi connectivity index (χ4n) is 1.06. The number of likely N-dealkylation sites (N-methyl/N-ethyl adjacent to an activating group) is 1. The normalized spacial score (nSPS) is 14.3. The van der Waals surface area contributed by atoms with Gasteiger partial charge in [0, 0.05) is 26.1 Å². The van der Waals surface area contributed by atoms with E-state index in [1.54, 1.807) is 4.90 Å². The third-order valence-corrected chi connectivity index (χ3v) is 3.03. The molecule has 0 bridgehead atoms. The summed E-state index contributed by atoms with van der Waals surface area (Å²) in [4.78, 5) is 13.5. The van der Waals surface area contributed by atoms with Gasteiger partial charge in [-0.3, -0.25) is 4.79 Å². The summed E-state index contributed by atoms with van der Waals surface area (Å²) in [5.74, 6) is 1.19. The first-order valence-electron chi connectivity index (χ1n) is 5.35. The lowest BCUT2D eigenvalue weighted by molar-refractivity contribution is -0.132. The Labute approximate surface area is 99.8 Å². The average molecular weight is 237 g/mol. The second kappa shape index (κ2) is 7.94. The van der Waals surface area contributed by atoms with Gasteiger partial charge in [0.25, 0.3) is 0 Å². The van der Waals surface area contributed by atoms with Crippen molar-refractivity contribution in [1.29, 1.82) is 0 Å². The lowest BCUT2D eigenvalue weighted by Gasteiger charge is -2.26. The van der Waals surface area contributed by atoms with E-state index in [2.05, 4.69) is 20.8 Å². The van der Waals surface area contributed by atoms with Gasteiger partial charge >= 0.3 is 0 Å². The fraction of sp³-hybridized carbons (Fsp3) is 0.909. The van der Waals surface area contributed by atoms with Crippen molar-refractivity contribution in [3.05, 3.63) is 0 Å². The molecule has 3 nitrogen and oxygen atoms in total. The van der Waals surface area contributed by atoms with Crippen molar-refractivity contribution in [2.75, 3.05) is 13.6 Å². The van der Waals surface area contributed by atoms with E-state index >= 15 is 0 Å². The minimum absolute atomic E-state index is 0. The quantitative estimate of drug-likeness (QED) is 0.793. The molecule has 0 saturated heterocycles. The molecule has 0 aromatic rings. The Morgan fingerprint density at radius 1 is 1.27 bits per heavy atom. The molecule has 0 aromatic heterocycles. The first-order valence-corrected chi connectivity index (χ1v) is 5.35. The van der Waals surface area contributed by atoms with Crippen molar-refractivity contribution in [2.24, 2.45) is 17.6 Å². The number of nitrogens with zero attached hydrogens (tertiary/aromatic N) is 1. The predicted molar refractivity (Wildman–Crippen MR) is 67.2 cm³/mol. The van der Waals surface area contributed by atoms with Gasteiger partial charge in [0.05, 0.1) is 0 Å². The lowest BCUT2D eigenvalue weighted by atomic mass is 9.94. The van der Waals surface area contributed by atoms with Gasteiger partial charge in [-0.1, -0.05) is 20.8 Å². The molecule has 0 saturated carbocycles. The summed E-state index contributed by atoms with van der Waals surface area (Å²) in [5, 5.41) is 0. The van der Waals surface area contributed by atoms with Crippen molar-refractivity contribution in [3.8, 4) is 0 Å². The zero-order chi connectivity index (χ0) is 11.3. The summed E-state index contributed by atoms with van der Waals surface area (Å²) in [7, 11) is 1.83. The zero-order valence-electron chi connectivity index (χ0n) is 10.5. The molecular formula is C11H25ClN2O. The van der Waals surface area contributed by atoms with E-state index in [1.165, 1.54) is 0 Å². The van der Waals surface area contributed by atoms with E-state index in [1.807, 2.05) is 14.0 Å². The van der Waals surface area contributed by atoms with E-state index in [4.69, 9.17) is 5.73 Å². The van der Waals surface area contributed by atoms with E-state index < -0.39 is 0 Å². The highest BCUT2D eigenvalue weighted by atomic mass is 35.5. The van der Waals surface area contributed by atoms with Gasteiger partial charge < -0.3 is 10.6 Å². The Hall–Kier alpha value is -0.280. The van der Waals surface area contributed by atoms with Crippen molar-refractivity contribution in [3.63, 3.8) is 0 Å². The van der Waals surface area contributed by atoms with E-state index in [-0.39, 0.29) is 24.4 Å². The minimum atomic E-state index is 0. The van der Waals surface area contributed by atoms with Crippen LogP contribution < -0.4 is 5.73 Å². The third-order valence-electron chi connectivity index (χ3n) is 3.03. The van der Waals surface area contributed by atoms with E-state index in [0.29, 0.717) is 24.8 Å². The zero-order valence-corrected chi connectivity index (χ0v) is 11.3. The van der Waals surface area contributed by atoms with Crippen LogP contribution >= 0.6 is 12.4 Å². The molecule has 0 fully saturated rings. The van der Waals surface area contributed by atoms with Gasteiger partial charge in [0.15, 0.2) is 0 Å². The van der Waals surface area contributed by atoms with Crippen molar-refractivity contribution < 1.29 is 4.79 Å². The molecule has 2 unspecified atom stereocenters. The van der Waals surface area contributed by atoms with E-state index in [0.717, 1.165) is 0 Å². The highest BCUT2D eigenvalue weighted by molar-refractivity contribution is 5.85. The van der Waals surface area contributed by atoms with Crippen LogP contribution in [0.1, 0.15) is 34.1 Å². The highest BCUT2D eigenvalue weighted by Crippen LogP contribution is 2.15. The number of rotatable bonds is 5. The molecule has 0 aliphatic rings. The van der Waals surface area contributed by atoms with Crippen LogP contribution in [0.25, 0.3) is 0 Å². The number of carbonyl (C=O) groups is 1. The molecule has 0 heterocycles. The van der Waals surface area contributed by atoms with Crippen LogP contribution in [0, 0.1) is 11.8 Å². The number of hydrogen-bond donors (Lipinski definition) is 1. The van der Waals surface area contributed by atoms with Gasteiger partial charge in [-0.25, -0.2) is 0 Å². The summed E-state index contributed by atoms with van der Waals surface area (Å²) in [5.41, 5.74) is 5.51. The van der Waals surface area contributed by atoms with Gasteiger partial charge in [-0.05, 0) is 18.8 Å². The van der Waals surface area contributed by atoms with Crippen LogP contribution in [0.4, 0.5) is 0 Å². The Kier molecular flexibility index (Phi) is 9.07. The molecule has 0 rings (SSSR count). The first-order chi connectivity index (χ1) is 6.40. The SMILES string of the molecule is CC(C)C(C)CC(=O)N(C)C(C)CN.Cl. The number of hydrogen-bond acceptors (Lipinski definition) is 2. The molecule has 2 N–H and O–H groups in total. The fourth-order valence-corrected chi connectivity index (χ4v) is 1.06. The number of amides is 1. The Morgan fingerprint density at radius 2 is 1.73 bits per heavy atom. The molecule has 0 aromatic carbocycles. The van der Waals surface area contributed by atoms with E-state index in [9.17, 15) is 4.79 Å². The molecule has 1 amide bonds. The molecule has 92 valence electrons. The standard InChI is InChI=1S/C11H24N2O.ClH/c1-8(2)9(3)6-11(14)13(5)10(4)7-12;/h8-10H,6-7,12H2,1-5H3;1H. The maximum absolute atomic E-state index is 11.7. The van der Waals surface area contributed by atoms with Crippen LogP contribution in [-0.2, 0) is 4.79 Å². The molecule has 0 spiro atoms. The Balaban J connectivity index is 0. The van der Waals surface area contributed by atoms with Crippen LogP contribution in [-0.4, -0.2) is 30.4 Å². The highest BCUT2D eigenvalue weighted by Gasteiger charge is 2.18. The van der Waals surface area contributed by atoms with Crippen molar-refractivity contribution >= 4 is 18.3 Å². The van der Waals surface area contributed by atoms with Gasteiger partial charge in [0.1, 0.15) is 0 Å². The largest absolute Gasteiger partial charge is 0.342 e. The van der Waals surface area contributed by atoms with Gasteiger partial charge in [-0.2, -0.15) is 0 Å². The number of nitrogens with two attached hydrogens (primary N) is 1. The molecule has 0 radical (unpaired) electrons. The number of carbonyl (C=O) groups excluding carboxylic acids is 1. The second-order valence-electron chi connectivity index (χ2n) is 4.51. The smallest absolute Gasteiger partial charge is 0.222 e. The number of halogens is 1. The lowest BCUT2D eigenvalue weighted by Crippen LogP contribution is -2.40. The molecule has 4 heteroatoms. The molecular weight excluding hydrogens is 212 g/mol. The van der Waals surface area contributed by atoms with Crippen molar-refractivity contribution in [1.82, 2.24) is 4.90 Å². The Morgan fingerprint density at radius 3 is 2.07 bits per heavy atom. The first kappa shape index (κ1) is 17.1. The van der Waals surface area contributed by atoms with Crippen molar-refractivity contribution in [2.45, 2.75) is 40.2 Å². The average Bonchev–Trinajstić information content (AvgIpc) is 2.14. The van der Waals surface area contributed by atoms with Gasteiger partial charge in [0.2, 0.25) is 5.91 Å².